The zero-order chi connectivity index (χ0) is 23.0. The molecule has 0 radical (unpaired) electrons. The fraction of sp³-hybridized carbons (Fsp3) is 0.821. The van der Waals surface area contributed by atoms with Crippen molar-refractivity contribution in [3.63, 3.8) is 0 Å². The van der Waals surface area contributed by atoms with Crippen LogP contribution in [0.3, 0.4) is 0 Å². The third kappa shape index (κ3) is 4.60. The van der Waals surface area contributed by atoms with Crippen molar-refractivity contribution < 1.29 is 15.0 Å². The van der Waals surface area contributed by atoms with Gasteiger partial charge in [0.05, 0.1) is 6.10 Å². The summed E-state index contributed by atoms with van der Waals surface area (Å²) in [6, 6.07) is 0. The van der Waals surface area contributed by atoms with Crippen molar-refractivity contribution in [3.8, 4) is 0 Å². The number of aliphatic hydroxyl groups excluding tert-OH is 2. The van der Waals surface area contributed by atoms with E-state index in [0.29, 0.717) is 35.9 Å². The first kappa shape index (κ1) is 24.7. The molecule has 2 N–H and O–H groups in total. The van der Waals surface area contributed by atoms with Crippen molar-refractivity contribution in [1.82, 2.24) is 0 Å². The van der Waals surface area contributed by atoms with Crippen LogP contribution in [0.1, 0.15) is 92.4 Å². The van der Waals surface area contributed by atoms with E-state index in [1.807, 2.05) is 0 Å². The summed E-state index contributed by atoms with van der Waals surface area (Å²) in [4.78, 5) is 13.8. The Labute approximate surface area is 190 Å². The summed E-state index contributed by atoms with van der Waals surface area (Å²) >= 11 is 0. The number of rotatable bonds is 8. The Kier molecular flexibility index (Phi) is 7.58. The van der Waals surface area contributed by atoms with Gasteiger partial charge in [-0.3, -0.25) is 4.79 Å². The van der Waals surface area contributed by atoms with E-state index in [2.05, 4.69) is 47.3 Å². The SMILES string of the molecule is C=C(CC[C@@H](C)C1CCC([C@@H]2CC=C3C[C@@H](O)CC[C@]3(C)C2=O)[C@]1(C)CCO)C(C)C. The molecule has 0 heterocycles. The molecule has 0 amide bonds. The summed E-state index contributed by atoms with van der Waals surface area (Å²) < 4.78 is 0. The van der Waals surface area contributed by atoms with Gasteiger partial charge in [-0.25, -0.2) is 0 Å². The molecule has 0 aromatic heterocycles. The molecular weight excluding hydrogens is 384 g/mol. The van der Waals surface area contributed by atoms with Crippen molar-refractivity contribution >= 4 is 5.78 Å². The minimum atomic E-state index is -0.388. The standard InChI is InChI=1S/C28H46O3/c1-18(2)19(3)7-8-20(4)24-11-12-25(28(24,6)15-16-29)23-10-9-21-17-22(30)13-14-27(21,5)26(23)31/h9,18,20,22-25,29-30H,3,7-8,10-17H2,1-2,4-6H3/t20-,22+,23+,24?,25?,27+,28-/m1/s1. The first-order chi connectivity index (χ1) is 14.5. The molecule has 0 aliphatic heterocycles. The molecule has 7 atom stereocenters. The number of fused-ring (bicyclic) bond motifs is 1. The lowest BCUT2D eigenvalue weighted by atomic mass is 9.56. The maximum Gasteiger partial charge on any atom is 0.146 e. The number of carbonyl (C=O) groups is 1. The normalized spacial score (nSPS) is 39.4. The Morgan fingerprint density at radius 2 is 1.94 bits per heavy atom. The molecule has 0 aromatic rings. The van der Waals surface area contributed by atoms with Crippen molar-refractivity contribution in [3.05, 3.63) is 23.8 Å². The summed E-state index contributed by atoms with van der Waals surface area (Å²) in [6.45, 7) is 15.8. The van der Waals surface area contributed by atoms with Gasteiger partial charge in [-0.1, -0.05) is 51.5 Å². The maximum atomic E-state index is 13.8. The average molecular weight is 431 g/mol. The fourth-order valence-electron chi connectivity index (χ4n) is 7.32. The van der Waals surface area contributed by atoms with E-state index in [-0.39, 0.29) is 29.5 Å². The van der Waals surface area contributed by atoms with Gasteiger partial charge in [0.2, 0.25) is 0 Å². The quantitative estimate of drug-likeness (QED) is 0.458. The molecule has 0 spiro atoms. The molecule has 3 nitrogen and oxygen atoms in total. The van der Waals surface area contributed by atoms with Gasteiger partial charge in [-0.2, -0.15) is 0 Å². The minimum absolute atomic E-state index is 0.00351. The van der Waals surface area contributed by atoms with E-state index in [1.165, 1.54) is 11.1 Å². The molecule has 2 unspecified atom stereocenters. The summed E-state index contributed by atoms with van der Waals surface area (Å²) in [5.41, 5.74) is 2.12. The van der Waals surface area contributed by atoms with Crippen molar-refractivity contribution in [2.45, 2.75) is 98.5 Å². The minimum Gasteiger partial charge on any atom is -0.396 e. The van der Waals surface area contributed by atoms with Crippen LogP contribution in [0.4, 0.5) is 0 Å². The molecule has 0 aromatic carbocycles. The van der Waals surface area contributed by atoms with E-state index in [4.69, 9.17) is 0 Å². The topological polar surface area (TPSA) is 57.5 Å². The van der Waals surface area contributed by atoms with Gasteiger partial charge in [0, 0.05) is 17.9 Å². The van der Waals surface area contributed by atoms with Gasteiger partial charge < -0.3 is 10.2 Å². The fourth-order valence-corrected chi connectivity index (χ4v) is 7.32. The second-order valence-corrected chi connectivity index (χ2v) is 11.8. The molecule has 2 saturated carbocycles. The summed E-state index contributed by atoms with van der Waals surface area (Å²) in [7, 11) is 0. The molecule has 31 heavy (non-hydrogen) atoms. The molecule has 3 aliphatic carbocycles. The zero-order valence-electron chi connectivity index (χ0n) is 20.6. The number of hydrogen-bond donors (Lipinski definition) is 2. The highest BCUT2D eigenvalue weighted by atomic mass is 16.3. The maximum absolute atomic E-state index is 13.8. The predicted octanol–water partition coefficient (Wildman–Crippen LogP) is 6.10. The van der Waals surface area contributed by atoms with Gasteiger partial charge in [-0.15, -0.1) is 0 Å². The van der Waals surface area contributed by atoms with Crippen LogP contribution in [-0.4, -0.2) is 28.7 Å². The molecular formula is C28H46O3. The summed E-state index contributed by atoms with van der Waals surface area (Å²) in [6.07, 6.45) is 10.2. The first-order valence-corrected chi connectivity index (χ1v) is 12.7. The Morgan fingerprint density at radius 1 is 1.23 bits per heavy atom. The van der Waals surface area contributed by atoms with E-state index < -0.39 is 0 Å². The van der Waals surface area contributed by atoms with Crippen molar-refractivity contribution in [2.24, 2.45) is 40.4 Å². The Hall–Kier alpha value is -0.930. The third-order valence-corrected chi connectivity index (χ3v) is 9.68. The second kappa shape index (κ2) is 9.51. The Balaban J connectivity index is 1.80. The smallest absolute Gasteiger partial charge is 0.146 e. The van der Waals surface area contributed by atoms with Gasteiger partial charge in [0.15, 0.2) is 0 Å². The first-order valence-electron chi connectivity index (χ1n) is 12.7. The third-order valence-electron chi connectivity index (χ3n) is 9.68. The van der Waals surface area contributed by atoms with E-state index in [1.54, 1.807) is 0 Å². The molecule has 2 fully saturated rings. The average Bonchev–Trinajstić information content (AvgIpc) is 3.04. The number of hydrogen-bond acceptors (Lipinski definition) is 3. The predicted molar refractivity (Wildman–Crippen MR) is 128 cm³/mol. The monoisotopic (exact) mass is 430 g/mol. The molecule has 3 heteroatoms. The molecule has 0 bridgehead atoms. The largest absolute Gasteiger partial charge is 0.396 e. The van der Waals surface area contributed by atoms with Crippen LogP contribution < -0.4 is 0 Å². The van der Waals surface area contributed by atoms with Crippen LogP contribution in [0.15, 0.2) is 23.8 Å². The lowest BCUT2D eigenvalue weighted by Gasteiger charge is -2.48. The number of Topliss-reactive ketones (excluding diaryl/α,β-unsaturated/α-hetero) is 1. The van der Waals surface area contributed by atoms with Crippen molar-refractivity contribution in [2.75, 3.05) is 6.61 Å². The molecule has 3 aliphatic rings. The summed E-state index contributed by atoms with van der Waals surface area (Å²) in [5, 5.41) is 20.1. The Morgan fingerprint density at radius 3 is 2.58 bits per heavy atom. The number of ketones is 1. The molecule has 176 valence electrons. The lowest BCUT2D eigenvalue weighted by Crippen LogP contribution is -2.47. The van der Waals surface area contributed by atoms with E-state index in [9.17, 15) is 15.0 Å². The van der Waals surface area contributed by atoms with Gasteiger partial charge in [0.25, 0.3) is 0 Å². The van der Waals surface area contributed by atoms with Crippen molar-refractivity contribution in [1.29, 1.82) is 0 Å². The van der Waals surface area contributed by atoms with Crippen LogP contribution >= 0.6 is 0 Å². The van der Waals surface area contributed by atoms with Gasteiger partial charge >= 0.3 is 0 Å². The van der Waals surface area contributed by atoms with Crippen LogP contribution in [0, 0.1) is 40.4 Å². The molecule has 3 rings (SSSR count). The Bertz CT molecular complexity index is 707. The van der Waals surface area contributed by atoms with E-state index in [0.717, 1.165) is 51.4 Å². The highest BCUT2D eigenvalue weighted by molar-refractivity contribution is 5.91. The van der Waals surface area contributed by atoms with Crippen LogP contribution in [0.5, 0.6) is 0 Å². The highest BCUT2D eigenvalue weighted by Gasteiger charge is 2.55. The van der Waals surface area contributed by atoms with Crippen LogP contribution in [-0.2, 0) is 4.79 Å². The summed E-state index contributed by atoms with van der Waals surface area (Å²) in [5.74, 6) is 2.46. The number of carbonyl (C=O) groups excluding carboxylic acids is 1. The van der Waals surface area contributed by atoms with Crippen LogP contribution in [0.25, 0.3) is 0 Å². The second-order valence-electron chi connectivity index (χ2n) is 11.8. The highest BCUT2D eigenvalue weighted by Crippen LogP contribution is 2.59. The van der Waals surface area contributed by atoms with Crippen LogP contribution in [0.2, 0.25) is 0 Å². The van der Waals surface area contributed by atoms with Gasteiger partial charge in [0.1, 0.15) is 5.78 Å². The number of allylic oxidation sites excluding steroid dienone is 2. The zero-order valence-corrected chi connectivity index (χ0v) is 20.6. The molecule has 0 saturated heterocycles. The van der Waals surface area contributed by atoms with Gasteiger partial charge in [-0.05, 0) is 93.8 Å². The lowest BCUT2D eigenvalue weighted by molar-refractivity contribution is -0.136. The van der Waals surface area contributed by atoms with E-state index >= 15 is 0 Å². The number of aliphatic hydroxyl groups is 2.